The molecule has 6 heteroatoms. The summed E-state index contributed by atoms with van der Waals surface area (Å²) in [6.07, 6.45) is 3.14. The summed E-state index contributed by atoms with van der Waals surface area (Å²) in [6.45, 7) is 0.767. The van der Waals surface area contributed by atoms with Crippen LogP contribution in [0.4, 0.5) is 0 Å². The van der Waals surface area contributed by atoms with Crippen LogP contribution in [-0.4, -0.2) is 36.8 Å². The number of hydrogen-bond acceptors (Lipinski definition) is 4. The molecule has 1 saturated heterocycles. The average Bonchev–Trinajstić information content (AvgIpc) is 2.67. The van der Waals surface area contributed by atoms with Gasteiger partial charge in [0.25, 0.3) is 0 Å². The molecule has 2 rings (SSSR count). The maximum atomic E-state index is 11.3. The Balaban J connectivity index is 2.11. The minimum Gasteiger partial charge on any atom is -0.314 e. The van der Waals surface area contributed by atoms with Crippen molar-refractivity contribution < 1.29 is 8.42 Å². The fourth-order valence-corrected chi connectivity index (χ4v) is 3.58. The van der Waals surface area contributed by atoms with Crippen LogP contribution in [0.3, 0.4) is 0 Å². The van der Waals surface area contributed by atoms with Crippen molar-refractivity contribution in [1.82, 2.24) is 15.1 Å². The highest BCUT2D eigenvalue weighted by Gasteiger charge is 2.25. The molecule has 0 amide bonds. The lowest BCUT2D eigenvalue weighted by molar-refractivity contribution is 0.398. The maximum absolute atomic E-state index is 11.3. The molecule has 0 aliphatic carbocycles. The topological polar surface area (TPSA) is 64.0 Å². The summed E-state index contributed by atoms with van der Waals surface area (Å²) in [7, 11) is -0.897. The Morgan fingerprint density at radius 3 is 2.81 bits per heavy atom. The van der Waals surface area contributed by atoms with Crippen molar-refractivity contribution in [2.45, 2.75) is 25.4 Å². The van der Waals surface area contributed by atoms with E-state index in [0.717, 1.165) is 12.2 Å². The lowest BCUT2D eigenvalue weighted by Crippen LogP contribution is -2.27. The van der Waals surface area contributed by atoms with Gasteiger partial charge in [0.05, 0.1) is 23.2 Å². The summed E-state index contributed by atoms with van der Waals surface area (Å²) in [6, 6.07) is 2.21. The van der Waals surface area contributed by atoms with E-state index in [0.29, 0.717) is 12.8 Å². The Kier molecular flexibility index (Phi) is 3.30. The molecule has 1 aromatic heterocycles. The summed E-state index contributed by atoms with van der Waals surface area (Å²) in [5, 5.41) is 7.37. The Bertz CT molecular complexity index is 438. The molecule has 0 saturated carbocycles. The quantitative estimate of drug-likeness (QED) is 0.832. The molecule has 0 aromatic carbocycles. The molecule has 0 unspecified atom stereocenters. The highest BCUT2D eigenvalue weighted by atomic mass is 32.2. The summed E-state index contributed by atoms with van der Waals surface area (Å²) in [5.74, 6) is 0.576. The molecular weight excluding hydrogens is 226 g/mol. The van der Waals surface area contributed by atoms with Gasteiger partial charge in [0.2, 0.25) is 0 Å². The minimum absolute atomic E-state index is 0.238. The highest BCUT2D eigenvalue weighted by Crippen LogP contribution is 2.24. The summed E-state index contributed by atoms with van der Waals surface area (Å²) in [5.41, 5.74) is 1.12. The number of rotatable bonds is 3. The van der Waals surface area contributed by atoms with Crippen LogP contribution in [0.25, 0.3) is 0 Å². The van der Waals surface area contributed by atoms with Crippen molar-refractivity contribution in [2.24, 2.45) is 0 Å². The lowest BCUT2D eigenvalue weighted by atomic mass is 10.1. The van der Waals surface area contributed by atoms with Gasteiger partial charge in [0.1, 0.15) is 9.84 Å². The van der Waals surface area contributed by atoms with Crippen molar-refractivity contribution >= 4 is 9.84 Å². The first-order valence-corrected chi connectivity index (χ1v) is 7.32. The van der Waals surface area contributed by atoms with Gasteiger partial charge in [-0.05, 0) is 26.0 Å². The van der Waals surface area contributed by atoms with Crippen LogP contribution in [-0.2, 0) is 16.4 Å². The van der Waals surface area contributed by atoms with E-state index in [2.05, 4.69) is 10.4 Å². The van der Waals surface area contributed by atoms with E-state index >= 15 is 0 Å². The molecule has 0 radical (unpaired) electrons. The van der Waals surface area contributed by atoms with Gasteiger partial charge in [-0.3, -0.25) is 4.68 Å². The zero-order valence-corrected chi connectivity index (χ0v) is 10.2. The van der Waals surface area contributed by atoms with Crippen LogP contribution in [0.2, 0.25) is 0 Å². The number of sulfone groups is 1. The fourth-order valence-electron chi connectivity index (χ4n) is 2.11. The van der Waals surface area contributed by atoms with Gasteiger partial charge in [0.15, 0.2) is 0 Å². The van der Waals surface area contributed by atoms with Gasteiger partial charge in [0, 0.05) is 12.7 Å². The fraction of sp³-hybridized carbons (Fsp3) is 0.700. The first kappa shape index (κ1) is 11.6. The largest absolute Gasteiger partial charge is 0.314 e. The van der Waals surface area contributed by atoms with E-state index in [1.54, 1.807) is 6.20 Å². The van der Waals surface area contributed by atoms with Gasteiger partial charge in [-0.25, -0.2) is 8.42 Å². The van der Waals surface area contributed by atoms with Crippen LogP contribution in [0.1, 0.15) is 24.6 Å². The minimum atomic E-state index is -2.79. The van der Waals surface area contributed by atoms with Crippen LogP contribution in [0, 0.1) is 0 Å². The monoisotopic (exact) mass is 243 g/mol. The van der Waals surface area contributed by atoms with Crippen molar-refractivity contribution in [3.8, 4) is 0 Å². The molecule has 1 aromatic rings. The number of aromatic nitrogens is 2. The first-order valence-electron chi connectivity index (χ1n) is 5.50. The van der Waals surface area contributed by atoms with E-state index < -0.39 is 9.84 Å². The van der Waals surface area contributed by atoms with Crippen LogP contribution in [0.15, 0.2) is 12.3 Å². The molecule has 90 valence electrons. The Hall–Kier alpha value is -0.880. The smallest absolute Gasteiger partial charge is 0.150 e. The third-order valence-electron chi connectivity index (χ3n) is 2.98. The van der Waals surface area contributed by atoms with E-state index in [9.17, 15) is 8.42 Å². The second-order valence-electron chi connectivity index (χ2n) is 4.18. The molecule has 2 heterocycles. The molecule has 5 nitrogen and oxygen atoms in total. The van der Waals surface area contributed by atoms with Crippen molar-refractivity contribution in [3.05, 3.63) is 18.0 Å². The molecular formula is C10H17N3O2S. The Labute approximate surface area is 95.8 Å². The summed E-state index contributed by atoms with van der Waals surface area (Å²) in [4.78, 5) is 0. The standard InChI is InChI=1S/C10H17N3O2S/c1-11-8-10-2-5-12-13(10)9-3-6-16(14,15)7-4-9/h2,5,9,11H,3-4,6-8H2,1H3. The second kappa shape index (κ2) is 4.55. The van der Waals surface area contributed by atoms with Crippen molar-refractivity contribution in [2.75, 3.05) is 18.6 Å². The molecule has 1 aliphatic heterocycles. The lowest BCUT2D eigenvalue weighted by Gasteiger charge is -2.24. The molecule has 1 aliphatic rings. The van der Waals surface area contributed by atoms with Crippen LogP contribution >= 0.6 is 0 Å². The van der Waals surface area contributed by atoms with Crippen molar-refractivity contribution in [3.63, 3.8) is 0 Å². The SMILES string of the molecule is CNCc1ccnn1C1CCS(=O)(=O)CC1. The maximum Gasteiger partial charge on any atom is 0.150 e. The normalized spacial score (nSPS) is 21.1. The molecule has 1 fully saturated rings. The van der Waals surface area contributed by atoms with Gasteiger partial charge in [-0.2, -0.15) is 5.10 Å². The van der Waals surface area contributed by atoms with Gasteiger partial charge >= 0.3 is 0 Å². The summed E-state index contributed by atoms with van der Waals surface area (Å²) >= 11 is 0. The van der Waals surface area contributed by atoms with E-state index in [-0.39, 0.29) is 17.5 Å². The zero-order valence-electron chi connectivity index (χ0n) is 9.39. The van der Waals surface area contributed by atoms with E-state index in [4.69, 9.17) is 0 Å². The predicted octanol–water partition coefficient (Wildman–Crippen LogP) is 0.352. The number of nitrogens with one attached hydrogen (secondary N) is 1. The predicted molar refractivity (Wildman–Crippen MR) is 61.9 cm³/mol. The van der Waals surface area contributed by atoms with Crippen LogP contribution in [0.5, 0.6) is 0 Å². The molecule has 1 N–H and O–H groups in total. The zero-order chi connectivity index (χ0) is 11.6. The van der Waals surface area contributed by atoms with E-state index in [1.807, 2.05) is 17.8 Å². The molecule has 16 heavy (non-hydrogen) atoms. The molecule has 0 bridgehead atoms. The van der Waals surface area contributed by atoms with Crippen LogP contribution < -0.4 is 5.32 Å². The molecule has 0 atom stereocenters. The summed E-state index contributed by atoms with van der Waals surface area (Å²) < 4.78 is 24.6. The molecule has 0 spiro atoms. The van der Waals surface area contributed by atoms with Crippen molar-refractivity contribution in [1.29, 1.82) is 0 Å². The van der Waals surface area contributed by atoms with E-state index in [1.165, 1.54) is 0 Å². The van der Waals surface area contributed by atoms with Gasteiger partial charge < -0.3 is 5.32 Å². The van der Waals surface area contributed by atoms with Gasteiger partial charge in [-0.15, -0.1) is 0 Å². The highest BCUT2D eigenvalue weighted by molar-refractivity contribution is 7.91. The van der Waals surface area contributed by atoms with Gasteiger partial charge in [-0.1, -0.05) is 0 Å². The third-order valence-corrected chi connectivity index (χ3v) is 4.70. The second-order valence-corrected chi connectivity index (χ2v) is 6.48. The third kappa shape index (κ3) is 2.44. The first-order chi connectivity index (χ1) is 7.62. The average molecular weight is 243 g/mol. The Morgan fingerprint density at radius 2 is 2.19 bits per heavy atom. The Morgan fingerprint density at radius 1 is 1.50 bits per heavy atom. The number of hydrogen-bond donors (Lipinski definition) is 1. The number of nitrogens with zero attached hydrogens (tertiary/aromatic N) is 2.